The van der Waals surface area contributed by atoms with Gasteiger partial charge in [0.15, 0.2) is 0 Å². The second-order valence-electron chi connectivity index (χ2n) is 6.41. The van der Waals surface area contributed by atoms with Crippen LogP contribution in [0.4, 0.5) is 0 Å². The van der Waals surface area contributed by atoms with Crippen LogP contribution in [-0.2, 0) is 28.2 Å². The maximum Gasteiger partial charge on any atom is 0.355 e. The van der Waals surface area contributed by atoms with Crippen LogP contribution >= 0.6 is 0 Å². The normalized spacial score (nSPS) is 11.3. The van der Waals surface area contributed by atoms with Gasteiger partial charge in [-0.05, 0) is 50.5 Å². The van der Waals surface area contributed by atoms with E-state index in [0.717, 1.165) is 5.56 Å². The Morgan fingerprint density at radius 3 is 2.32 bits per heavy atom. The maximum atomic E-state index is 12.6. The summed E-state index contributed by atoms with van der Waals surface area (Å²) in [6.45, 7) is 5.84. The number of carbonyl (C=O) groups is 2. The topological polar surface area (TPSA) is 120 Å². The van der Waals surface area contributed by atoms with Crippen LogP contribution in [-0.4, -0.2) is 38.0 Å². The minimum atomic E-state index is -3.72. The van der Waals surface area contributed by atoms with E-state index >= 15 is 0 Å². The monoisotopic (exact) mass is 407 g/mol. The van der Waals surface area contributed by atoms with Crippen molar-refractivity contribution in [2.45, 2.75) is 32.1 Å². The van der Waals surface area contributed by atoms with Crippen molar-refractivity contribution in [1.82, 2.24) is 9.88 Å². The van der Waals surface area contributed by atoms with Gasteiger partial charge in [-0.15, -0.1) is 0 Å². The van der Waals surface area contributed by atoms with Crippen LogP contribution in [0.2, 0.25) is 0 Å². The van der Waals surface area contributed by atoms with Crippen molar-refractivity contribution in [2.24, 2.45) is 12.2 Å². The van der Waals surface area contributed by atoms with Gasteiger partial charge in [0.2, 0.25) is 10.0 Å². The van der Waals surface area contributed by atoms with Gasteiger partial charge in [0.25, 0.3) is 5.91 Å². The fraction of sp³-hybridized carbons (Fsp3) is 0.368. The number of hydrogen-bond acceptors (Lipinski definition) is 5. The van der Waals surface area contributed by atoms with E-state index in [1.807, 2.05) is 0 Å². The first-order valence-electron chi connectivity index (χ1n) is 8.80. The van der Waals surface area contributed by atoms with Crippen molar-refractivity contribution in [1.29, 1.82) is 0 Å². The fourth-order valence-electron chi connectivity index (χ4n) is 3.06. The van der Waals surface area contributed by atoms with Gasteiger partial charge in [0.05, 0.1) is 17.1 Å². The van der Waals surface area contributed by atoms with Crippen LogP contribution in [0.15, 0.2) is 29.2 Å². The largest absolute Gasteiger partial charge is 0.461 e. The number of esters is 1. The summed E-state index contributed by atoms with van der Waals surface area (Å²) < 4.78 is 29.3. The average molecular weight is 407 g/mol. The van der Waals surface area contributed by atoms with E-state index in [0.29, 0.717) is 35.5 Å². The maximum absolute atomic E-state index is 12.6. The molecule has 0 spiro atoms. The zero-order valence-corrected chi connectivity index (χ0v) is 17.2. The van der Waals surface area contributed by atoms with Gasteiger partial charge in [0.1, 0.15) is 5.69 Å². The minimum absolute atomic E-state index is 0.0438. The molecule has 1 amide bonds. The number of rotatable bonds is 7. The Morgan fingerprint density at radius 1 is 1.18 bits per heavy atom. The zero-order chi connectivity index (χ0) is 21.1. The number of primary sulfonamides is 1. The van der Waals surface area contributed by atoms with Gasteiger partial charge in [-0.1, -0.05) is 12.1 Å². The molecule has 3 N–H and O–H groups in total. The molecule has 28 heavy (non-hydrogen) atoms. The Labute approximate surface area is 164 Å². The van der Waals surface area contributed by atoms with Crippen LogP contribution < -0.4 is 10.5 Å². The van der Waals surface area contributed by atoms with E-state index in [4.69, 9.17) is 9.88 Å². The Morgan fingerprint density at radius 2 is 1.79 bits per heavy atom. The summed E-state index contributed by atoms with van der Waals surface area (Å²) in [6.07, 6.45) is 0.520. The highest BCUT2D eigenvalue weighted by Crippen LogP contribution is 2.22. The molecule has 9 heteroatoms. The third kappa shape index (κ3) is 4.60. The molecule has 8 nitrogen and oxygen atoms in total. The lowest BCUT2D eigenvalue weighted by Crippen LogP contribution is -2.26. The molecule has 2 rings (SSSR count). The van der Waals surface area contributed by atoms with Gasteiger partial charge in [-0.3, -0.25) is 4.79 Å². The Balaban J connectivity index is 2.08. The van der Waals surface area contributed by atoms with Gasteiger partial charge >= 0.3 is 5.97 Å². The Hall–Kier alpha value is -2.65. The summed E-state index contributed by atoms with van der Waals surface area (Å²) in [5.74, 6) is -0.734. The summed E-state index contributed by atoms with van der Waals surface area (Å²) >= 11 is 0. The lowest BCUT2D eigenvalue weighted by Gasteiger charge is -2.07. The van der Waals surface area contributed by atoms with Gasteiger partial charge in [0, 0.05) is 19.3 Å². The number of nitrogens with one attached hydrogen (secondary N) is 1. The van der Waals surface area contributed by atoms with Crippen LogP contribution in [0.3, 0.4) is 0 Å². The van der Waals surface area contributed by atoms with Gasteiger partial charge < -0.3 is 14.6 Å². The molecule has 0 radical (unpaired) electrons. The molecular weight excluding hydrogens is 382 g/mol. The molecular formula is C19H25N3O5S. The molecule has 1 aromatic heterocycles. The first-order chi connectivity index (χ1) is 13.1. The minimum Gasteiger partial charge on any atom is -0.461 e. The van der Waals surface area contributed by atoms with Crippen LogP contribution in [0, 0.1) is 13.8 Å². The van der Waals surface area contributed by atoms with E-state index < -0.39 is 16.0 Å². The third-order valence-electron chi connectivity index (χ3n) is 4.58. The number of sulfonamides is 1. The molecule has 0 atom stereocenters. The molecule has 1 aromatic carbocycles. The van der Waals surface area contributed by atoms with Crippen molar-refractivity contribution < 1.29 is 22.7 Å². The number of carbonyl (C=O) groups excluding carboxylic acids is 2. The smallest absolute Gasteiger partial charge is 0.355 e. The van der Waals surface area contributed by atoms with Crippen molar-refractivity contribution in [3.05, 3.63) is 52.3 Å². The lowest BCUT2D eigenvalue weighted by molar-refractivity contribution is 0.0514. The number of hydrogen-bond donors (Lipinski definition) is 2. The summed E-state index contributed by atoms with van der Waals surface area (Å²) in [6, 6.07) is 6.18. The van der Waals surface area contributed by atoms with Crippen LogP contribution in [0.25, 0.3) is 0 Å². The number of nitrogens with two attached hydrogens (primary N) is 1. The van der Waals surface area contributed by atoms with Crippen LogP contribution in [0.1, 0.15) is 44.6 Å². The van der Waals surface area contributed by atoms with E-state index in [2.05, 4.69) is 5.32 Å². The summed E-state index contributed by atoms with van der Waals surface area (Å²) in [4.78, 5) is 24.8. The molecule has 0 unspecified atom stereocenters. The highest BCUT2D eigenvalue weighted by Gasteiger charge is 2.25. The number of aromatic nitrogens is 1. The molecule has 1 heterocycles. The number of nitrogens with zero attached hydrogens (tertiary/aromatic N) is 1. The predicted octanol–water partition coefficient (Wildman–Crippen LogP) is 1.44. The number of amides is 1. The van der Waals surface area contributed by atoms with Crippen molar-refractivity contribution in [2.75, 3.05) is 13.2 Å². The average Bonchev–Trinajstić information content (AvgIpc) is 2.84. The molecule has 0 fully saturated rings. The SMILES string of the molecule is CCOC(=O)c1c(C)c(C(=O)NCCc2ccc(S(N)(=O)=O)cc2)c(C)n1C. The van der Waals surface area contributed by atoms with Crippen LogP contribution in [0.5, 0.6) is 0 Å². The van der Waals surface area contributed by atoms with E-state index in [1.165, 1.54) is 12.1 Å². The molecule has 0 bridgehead atoms. The van der Waals surface area contributed by atoms with E-state index in [9.17, 15) is 18.0 Å². The molecule has 0 aliphatic carbocycles. The predicted molar refractivity (Wildman–Crippen MR) is 105 cm³/mol. The highest BCUT2D eigenvalue weighted by molar-refractivity contribution is 7.89. The molecule has 152 valence electrons. The molecule has 0 aliphatic heterocycles. The molecule has 0 saturated heterocycles. The molecule has 0 aliphatic rings. The van der Waals surface area contributed by atoms with E-state index in [-0.39, 0.29) is 17.4 Å². The first-order valence-corrected chi connectivity index (χ1v) is 10.4. The fourth-order valence-corrected chi connectivity index (χ4v) is 3.57. The van der Waals surface area contributed by atoms with Crippen molar-refractivity contribution in [3.8, 4) is 0 Å². The highest BCUT2D eigenvalue weighted by atomic mass is 32.2. The van der Waals surface area contributed by atoms with Gasteiger partial charge in [-0.2, -0.15) is 0 Å². The quantitative estimate of drug-likeness (QED) is 0.673. The van der Waals surface area contributed by atoms with Crippen molar-refractivity contribution >= 4 is 21.9 Å². The second kappa shape index (κ2) is 8.57. The van der Waals surface area contributed by atoms with Crippen molar-refractivity contribution in [3.63, 3.8) is 0 Å². The molecule has 0 saturated carbocycles. The first kappa shape index (κ1) is 21.6. The Bertz CT molecular complexity index is 992. The standard InChI is InChI=1S/C19H25N3O5S/c1-5-27-19(24)17-12(2)16(13(3)22(17)4)18(23)21-11-10-14-6-8-15(9-7-14)28(20,25)26/h6-9H,5,10-11H2,1-4H3,(H,21,23)(H2,20,25,26). The van der Waals surface area contributed by atoms with Gasteiger partial charge in [-0.25, -0.2) is 18.4 Å². The molecule has 2 aromatic rings. The summed E-state index contributed by atoms with van der Waals surface area (Å²) in [5.41, 5.74) is 2.93. The van der Waals surface area contributed by atoms with E-state index in [1.54, 1.807) is 44.5 Å². The Kier molecular flexibility index (Phi) is 6.63. The number of ether oxygens (including phenoxy) is 1. The summed E-state index contributed by atoms with van der Waals surface area (Å²) in [7, 11) is -2.00. The lowest BCUT2D eigenvalue weighted by atomic mass is 10.1. The zero-order valence-electron chi connectivity index (χ0n) is 16.4. The summed E-state index contributed by atoms with van der Waals surface area (Å²) in [5, 5.41) is 7.91. The second-order valence-corrected chi connectivity index (χ2v) is 7.97. The third-order valence-corrected chi connectivity index (χ3v) is 5.51. The number of benzene rings is 1.